The number of pyridine rings is 1. The maximum absolute atomic E-state index is 13.6. The first-order valence-electron chi connectivity index (χ1n) is 5.08. The number of carboxylic acids is 1. The Hall–Kier alpha value is -1.56. The molecule has 2 rings (SSSR count). The lowest BCUT2D eigenvalue weighted by molar-refractivity contribution is -0.150. The highest BCUT2D eigenvalue weighted by Gasteiger charge is 2.57. The van der Waals surface area contributed by atoms with E-state index in [1.165, 1.54) is 7.11 Å². The van der Waals surface area contributed by atoms with E-state index in [4.69, 9.17) is 9.84 Å². The monoisotopic (exact) mass is 243 g/mol. The van der Waals surface area contributed by atoms with Crippen molar-refractivity contribution in [1.82, 2.24) is 4.98 Å². The number of hydrogen-bond acceptors (Lipinski definition) is 3. The Kier molecular flexibility index (Phi) is 2.82. The van der Waals surface area contributed by atoms with Crippen molar-refractivity contribution >= 4 is 5.97 Å². The third kappa shape index (κ3) is 1.78. The molecule has 6 heteroatoms. The second kappa shape index (κ2) is 4.03. The largest absolute Gasteiger partial charge is 0.479 e. The molecule has 0 amide bonds. The first-order chi connectivity index (χ1) is 8.03. The Morgan fingerprint density at radius 1 is 1.47 bits per heavy atom. The number of ether oxygens (including phenoxy) is 1. The van der Waals surface area contributed by atoms with Gasteiger partial charge in [-0.25, -0.2) is 13.6 Å². The molecular weight excluding hydrogens is 232 g/mol. The summed E-state index contributed by atoms with van der Waals surface area (Å²) >= 11 is 0. The van der Waals surface area contributed by atoms with Crippen molar-refractivity contribution in [3.8, 4) is 0 Å². The summed E-state index contributed by atoms with van der Waals surface area (Å²) in [5, 5.41) is 9.01. The number of aliphatic carboxylic acids is 1. The number of aromatic nitrogens is 1. The lowest BCUT2D eigenvalue weighted by Crippen LogP contribution is -2.37. The number of carboxylic acid groups (broad SMARTS) is 1. The second-order valence-corrected chi connectivity index (χ2v) is 4.09. The van der Waals surface area contributed by atoms with Gasteiger partial charge in [-0.2, -0.15) is 0 Å². The molecule has 0 bridgehead atoms. The van der Waals surface area contributed by atoms with Crippen molar-refractivity contribution in [3.05, 3.63) is 29.6 Å². The SMILES string of the molecule is COC(C(=O)O)C1(c2c(F)cncc2F)CC1. The predicted octanol–water partition coefficient (Wildman–Crippen LogP) is 1.49. The van der Waals surface area contributed by atoms with E-state index in [0.29, 0.717) is 12.8 Å². The van der Waals surface area contributed by atoms with Gasteiger partial charge in [-0.05, 0) is 12.8 Å². The molecule has 1 aliphatic carbocycles. The maximum Gasteiger partial charge on any atom is 0.333 e. The zero-order valence-corrected chi connectivity index (χ0v) is 9.11. The van der Waals surface area contributed by atoms with Crippen LogP contribution in [0.3, 0.4) is 0 Å². The average Bonchev–Trinajstić information content (AvgIpc) is 2.99. The van der Waals surface area contributed by atoms with E-state index in [0.717, 1.165) is 12.4 Å². The van der Waals surface area contributed by atoms with Gasteiger partial charge in [0.05, 0.1) is 12.4 Å². The number of hydrogen-bond donors (Lipinski definition) is 1. The minimum absolute atomic E-state index is 0.234. The minimum Gasteiger partial charge on any atom is -0.479 e. The summed E-state index contributed by atoms with van der Waals surface area (Å²) in [6.45, 7) is 0. The van der Waals surface area contributed by atoms with Crippen LogP contribution in [0.1, 0.15) is 18.4 Å². The molecule has 17 heavy (non-hydrogen) atoms. The van der Waals surface area contributed by atoms with Crippen molar-refractivity contribution in [1.29, 1.82) is 0 Å². The van der Waals surface area contributed by atoms with Gasteiger partial charge < -0.3 is 9.84 Å². The molecule has 1 aliphatic rings. The number of nitrogens with zero attached hydrogens (tertiary/aromatic N) is 1. The first kappa shape index (κ1) is 11.9. The average molecular weight is 243 g/mol. The van der Waals surface area contributed by atoms with Crippen LogP contribution < -0.4 is 0 Å². The fraction of sp³-hybridized carbons (Fsp3) is 0.455. The Balaban J connectivity index is 2.49. The summed E-state index contributed by atoms with van der Waals surface area (Å²) in [5.41, 5.74) is -1.33. The van der Waals surface area contributed by atoms with Crippen molar-refractivity contribution in [3.63, 3.8) is 0 Å². The fourth-order valence-electron chi connectivity index (χ4n) is 2.23. The minimum atomic E-state index is -1.24. The smallest absolute Gasteiger partial charge is 0.333 e. The number of methoxy groups -OCH3 is 1. The molecule has 1 aromatic rings. The second-order valence-electron chi connectivity index (χ2n) is 4.09. The van der Waals surface area contributed by atoms with Gasteiger partial charge in [0.15, 0.2) is 6.10 Å². The van der Waals surface area contributed by atoms with Crippen molar-refractivity contribution in [2.45, 2.75) is 24.4 Å². The molecule has 0 spiro atoms. The summed E-state index contributed by atoms with van der Waals surface area (Å²) in [6.07, 6.45) is 1.29. The van der Waals surface area contributed by atoms with Crippen LogP contribution in [0, 0.1) is 11.6 Å². The van der Waals surface area contributed by atoms with E-state index >= 15 is 0 Å². The van der Waals surface area contributed by atoms with Crippen LogP contribution in [0.5, 0.6) is 0 Å². The van der Waals surface area contributed by atoms with Crippen LogP contribution in [0.4, 0.5) is 8.78 Å². The highest BCUT2D eigenvalue weighted by atomic mass is 19.1. The predicted molar refractivity (Wildman–Crippen MR) is 53.5 cm³/mol. The molecule has 1 fully saturated rings. The van der Waals surface area contributed by atoms with E-state index in [2.05, 4.69) is 4.98 Å². The van der Waals surface area contributed by atoms with E-state index in [1.54, 1.807) is 0 Å². The lowest BCUT2D eigenvalue weighted by atomic mass is 9.89. The highest BCUT2D eigenvalue weighted by Crippen LogP contribution is 2.53. The molecule has 0 aromatic carbocycles. The van der Waals surface area contributed by atoms with E-state index < -0.39 is 29.1 Å². The topological polar surface area (TPSA) is 59.4 Å². The van der Waals surface area contributed by atoms with Gasteiger partial charge in [-0.1, -0.05) is 0 Å². The molecule has 1 aromatic heterocycles. The maximum atomic E-state index is 13.6. The van der Waals surface area contributed by atoms with Crippen LogP contribution in [0.2, 0.25) is 0 Å². The Morgan fingerprint density at radius 3 is 2.35 bits per heavy atom. The molecule has 1 unspecified atom stereocenters. The van der Waals surface area contributed by atoms with Gasteiger partial charge in [0.2, 0.25) is 0 Å². The quantitative estimate of drug-likeness (QED) is 0.870. The van der Waals surface area contributed by atoms with E-state index in [1.807, 2.05) is 0 Å². The molecule has 92 valence electrons. The molecule has 0 aliphatic heterocycles. The van der Waals surface area contributed by atoms with Crippen LogP contribution in [0.25, 0.3) is 0 Å². The number of carbonyl (C=O) groups is 1. The Bertz CT molecular complexity index is 440. The van der Waals surface area contributed by atoms with Gasteiger partial charge in [-0.15, -0.1) is 0 Å². The lowest BCUT2D eigenvalue weighted by Gasteiger charge is -2.23. The zero-order chi connectivity index (χ0) is 12.6. The third-order valence-electron chi connectivity index (χ3n) is 3.10. The zero-order valence-electron chi connectivity index (χ0n) is 9.11. The molecule has 1 N–H and O–H groups in total. The number of rotatable bonds is 4. The standard InChI is InChI=1S/C11H11F2NO3/c1-17-9(10(15)16)11(2-3-11)8-6(12)4-14-5-7(8)13/h4-5,9H,2-3H2,1H3,(H,15,16). The normalized spacial score (nSPS) is 18.8. The van der Waals surface area contributed by atoms with Crippen molar-refractivity contribution in [2.75, 3.05) is 7.11 Å². The molecule has 0 radical (unpaired) electrons. The molecule has 1 saturated carbocycles. The van der Waals surface area contributed by atoms with Crippen LogP contribution >= 0.6 is 0 Å². The van der Waals surface area contributed by atoms with Gasteiger partial charge in [0.25, 0.3) is 0 Å². The Morgan fingerprint density at radius 2 is 2.00 bits per heavy atom. The third-order valence-corrected chi connectivity index (χ3v) is 3.10. The number of halogens is 2. The fourth-order valence-corrected chi connectivity index (χ4v) is 2.23. The van der Waals surface area contributed by atoms with Crippen LogP contribution in [0.15, 0.2) is 12.4 Å². The van der Waals surface area contributed by atoms with Crippen molar-refractivity contribution in [2.24, 2.45) is 0 Å². The summed E-state index contributed by atoms with van der Waals surface area (Å²) in [7, 11) is 1.22. The molecule has 4 nitrogen and oxygen atoms in total. The summed E-state index contributed by atoms with van der Waals surface area (Å²) in [4.78, 5) is 14.4. The first-order valence-corrected chi connectivity index (χ1v) is 5.08. The van der Waals surface area contributed by atoms with Crippen LogP contribution in [-0.4, -0.2) is 29.3 Å². The molecule has 1 heterocycles. The van der Waals surface area contributed by atoms with Gasteiger partial charge >= 0.3 is 5.97 Å². The highest BCUT2D eigenvalue weighted by molar-refractivity contribution is 5.76. The summed E-state index contributed by atoms with van der Waals surface area (Å²) in [6, 6.07) is 0. The van der Waals surface area contributed by atoms with E-state index in [-0.39, 0.29) is 5.56 Å². The van der Waals surface area contributed by atoms with Crippen LogP contribution in [-0.2, 0) is 14.9 Å². The van der Waals surface area contributed by atoms with Gasteiger partial charge in [0, 0.05) is 18.1 Å². The van der Waals surface area contributed by atoms with Crippen molar-refractivity contribution < 1.29 is 23.4 Å². The molecule has 1 atom stereocenters. The Labute approximate surface area is 96.2 Å². The summed E-state index contributed by atoms with van der Waals surface area (Å²) < 4.78 is 32.0. The molecule has 0 saturated heterocycles. The molecular formula is C11H11F2NO3. The van der Waals surface area contributed by atoms with E-state index in [9.17, 15) is 13.6 Å². The van der Waals surface area contributed by atoms with Gasteiger partial charge in [0.1, 0.15) is 11.6 Å². The van der Waals surface area contributed by atoms with Gasteiger partial charge in [-0.3, -0.25) is 4.98 Å². The summed E-state index contributed by atoms with van der Waals surface area (Å²) in [5.74, 6) is -2.88.